The fourth-order valence-electron chi connectivity index (χ4n) is 3.76. The molecule has 1 aromatic carbocycles. The van der Waals surface area contributed by atoms with Gasteiger partial charge in [-0.05, 0) is 55.7 Å². The van der Waals surface area contributed by atoms with Crippen LogP contribution in [0.4, 0.5) is 0 Å². The Morgan fingerprint density at radius 2 is 2.08 bits per heavy atom. The molecule has 1 fully saturated rings. The van der Waals surface area contributed by atoms with Gasteiger partial charge in [-0.15, -0.1) is 11.3 Å². The number of rotatable bonds is 4. The van der Waals surface area contributed by atoms with Gasteiger partial charge < -0.3 is 4.90 Å². The van der Waals surface area contributed by atoms with E-state index in [1.54, 1.807) is 17.5 Å². The Balaban J connectivity index is 1.57. The van der Waals surface area contributed by atoms with E-state index in [4.69, 9.17) is 0 Å². The number of hydrogen-bond donors (Lipinski definition) is 0. The van der Waals surface area contributed by atoms with E-state index >= 15 is 0 Å². The highest BCUT2D eigenvalue weighted by Crippen LogP contribution is 2.26. The molecular formula is C21H22N2OS. The number of fused-ring (bicyclic) bond motifs is 1. The molecule has 1 amide bonds. The topological polar surface area (TPSA) is 33.2 Å². The first-order chi connectivity index (χ1) is 12.3. The van der Waals surface area contributed by atoms with Crippen LogP contribution in [0, 0.1) is 0 Å². The average molecular weight is 350 g/mol. The molecule has 1 aliphatic heterocycles. The molecule has 25 heavy (non-hydrogen) atoms. The molecule has 0 aliphatic carbocycles. The van der Waals surface area contributed by atoms with Crippen molar-refractivity contribution in [3.8, 4) is 0 Å². The van der Waals surface area contributed by atoms with Gasteiger partial charge in [-0.3, -0.25) is 9.78 Å². The van der Waals surface area contributed by atoms with E-state index in [1.165, 1.54) is 11.3 Å². The zero-order chi connectivity index (χ0) is 17.1. The molecule has 0 saturated carbocycles. The molecule has 0 unspecified atom stereocenters. The number of hydrogen-bond acceptors (Lipinski definition) is 3. The number of pyridine rings is 1. The van der Waals surface area contributed by atoms with E-state index in [0.29, 0.717) is 6.04 Å². The smallest absolute Gasteiger partial charge is 0.256 e. The van der Waals surface area contributed by atoms with Crippen LogP contribution in [0.1, 0.15) is 40.9 Å². The van der Waals surface area contributed by atoms with Crippen LogP contribution < -0.4 is 0 Å². The van der Waals surface area contributed by atoms with Crippen molar-refractivity contribution in [2.45, 2.75) is 38.1 Å². The maximum absolute atomic E-state index is 13.3. The Morgan fingerprint density at radius 1 is 1.16 bits per heavy atom. The molecule has 2 aromatic heterocycles. The van der Waals surface area contributed by atoms with Crippen molar-refractivity contribution in [1.29, 1.82) is 0 Å². The van der Waals surface area contributed by atoms with Crippen molar-refractivity contribution in [2.24, 2.45) is 0 Å². The number of likely N-dealkylation sites (tertiary alicyclic amines) is 1. The number of nitrogens with zero attached hydrogens (tertiary/aromatic N) is 2. The van der Waals surface area contributed by atoms with Crippen LogP contribution in [0.5, 0.6) is 0 Å². The van der Waals surface area contributed by atoms with Crippen LogP contribution in [-0.2, 0) is 6.42 Å². The summed E-state index contributed by atoms with van der Waals surface area (Å²) in [6.45, 7) is 0.858. The van der Waals surface area contributed by atoms with Crippen LogP contribution in [-0.4, -0.2) is 28.4 Å². The van der Waals surface area contributed by atoms with Gasteiger partial charge in [0.2, 0.25) is 0 Å². The molecule has 0 N–H and O–H groups in total. The van der Waals surface area contributed by atoms with E-state index in [0.717, 1.165) is 48.7 Å². The lowest BCUT2D eigenvalue weighted by Gasteiger charge is -2.36. The third kappa shape index (κ3) is 3.45. The molecule has 3 aromatic rings. The van der Waals surface area contributed by atoms with Crippen molar-refractivity contribution in [3.05, 3.63) is 64.5 Å². The SMILES string of the molecule is O=C(c1cccc2cccnc12)N1CCCC[C@@H]1CCc1cccs1. The molecule has 1 atom stereocenters. The van der Waals surface area contributed by atoms with Crippen LogP contribution in [0.3, 0.4) is 0 Å². The maximum Gasteiger partial charge on any atom is 0.256 e. The van der Waals surface area contributed by atoms with E-state index in [1.807, 2.05) is 30.3 Å². The van der Waals surface area contributed by atoms with Crippen LogP contribution in [0.15, 0.2) is 54.0 Å². The first kappa shape index (κ1) is 16.3. The highest BCUT2D eigenvalue weighted by atomic mass is 32.1. The van der Waals surface area contributed by atoms with Crippen molar-refractivity contribution in [1.82, 2.24) is 9.88 Å². The van der Waals surface area contributed by atoms with Crippen molar-refractivity contribution >= 4 is 28.1 Å². The number of piperidine rings is 1. The Morgan fingerprint density at radius 3 is 2.96 bits per heavy atom. The quantitative estimate of drug-likeness (QED) is 0.669. The van der Waals surface area contributed by atoms with Gasteiger partial charge in [-0.1, -0.05) is 24.3 Å². The minimum absolute atomic E-state index is 0.139. The third-order valence-electron chi connectivity index (χ3n) is 5.06. The number of carbonyl (C=O) groups excluding carboxylic acids is 1. The lowest BCUT2D eigenvalue weighted by Crippen LogP contribution is -2.44. The van der Waals surface area contributed by atoms with Gasteiger partial charge >= 0.3 is 0 Å². The predicted molar refractivity (Wildman–Crippen MR) is 103 cm³/mol. The summed E-state index contributed by atoms with van der Waals surface area (Å²) >= 11 is 1.81. The number of para-hydroxylation sites is 1. The highest BCUT2D eigenvalue weighted by Gasteiger charge is 2.28. The Kier molecular flexibility index (Phi) is 4.79. The zero-order valence-corrected chi connectivity index (χ0v) is 15.0. The lowest BCUT2D eigenvalue weighted by atomic mass is 9.96. The van der Waals surface area contributed by atoms with Crippen LogP contribution in [0.2, 0.25) is 0 Å². The molecule has 4 rings (SSSR count). The first-order valence-electron chi connectivity index (χ1n) is 9.00. The molecular weight excluding hydrogens is 328 g/mol. The molecule has 0 bridgehead atoms. The second-order valence-electron chi connectivity index (χ2n) is 6.65. The fraction of sp³-hybridized carbons (Fsp3) is 0.333. The number of aromatic nitrogens is 1. The third-order valence-corrected chi connectivity index (χ3v) is 5.99. The minimum Gasteiger partial charge on any atom is -0.336 e. The molecule has 1 aliphatic rings. The van der Waals surface area contributed by atoms with Gasteiger partial charge in [0.25, 0.3) is 5.91 Å². The number of thiophene rings is 1. The van der Waals surface area contributed by atoms with Gasteiger partial charge in [0.15, 0.2) is 0 Å². The predicted octanol–water partition coefficient (Wildman–Crippen LogP) is 4.92. The molecule has 0 radical (unpaired) electrons. The largest absolute Gasteiger partial charge is 0.336 e. The average Bonchev–Trinajstić information content (AvgIpc) is 3.19. The summed E-state index contributed by atoms with van der Waals surface area (Å²) in [5.41, 5.74) is 1.55. The highest BCUT2D eigenvalue weighted by molar-refractivity contribution is 7.09. The second-order valence-corrected chi connectivity index (χ2v) is 7.68. The molecule has 128 valence electrons. The standard InChI is InChI=1S/C21H22N2OS/c24-21(19-10-3-6-16-7-4-13-22-20(16)19)23-14-2-1-8-17(23)11-12-18-9-5-15-25-18/h3-7,9-10,13,15,17H,1-2,8,11-12,14H2/t17-/m1/s1. The molecule has 0 spiro atoms. The van der Waals surface area contributed by atoms with E-state index in [2.05, 4.69) is 27.4 Å². The van der Waals surface area contributed by atoms with E-state index in [-0.39, 0.29) is 5.91 Å². The lowest BCUT2D eigenvalue weighted by molar-refractivity contribution is 0.0604. The summed E-state index contributed by atoms with van der Waals surface area (Å²) < 4.78 is 0. The number of benzene rings is 1. The van der Waals surface area contributed by atoms with Crippen molar-refractivity contribution in [2.75, 3.05) is 6.54 Å². The van der Waals surface area contributed by atoms with Gasteiger partial charge in [0, 0.05) is 29.0 Å². The monoisotopic (exact) mass is 350 g/mol. The summed E-state index contributed by atoms with van der Waals surface area (Å²) in [7, 11) is 0. The summed E-state index contributed by atoms with van der Waals surface area (Å²) in [5.74, 6) is 0.139. The van der Waals surface area contributed by atoms with Crippen molar-refractivity contribution < 1.29 is 4.79 Å². The Hall–Kier alpha value is -2.20. The van der Waals surface area contributed by atoms with Gasteiger partial charge in [-0.25, -0.2) is 0 Å². The van der Waals surface area contributed by atoms with Gasteiger partial charge in [0.1, 0.15) is 0 Å². The van der Waals surface area contributed by atoms with Gasteiger partial charge in [-0.2, -0.15) is 0 Å². The fourth-order valence-corrected chi connectivity index (χ4v) is 4.49. The molecule has 3 nitrogen and oxygen atoms in total. The summed E-state index contributed by atoms with van der Waals surface area (Å²) in [6.07, 6.45) is 7.29. The Labute approximate surface area is 152 Å². The molecule has 1 saturated heterocycles. The normalized spacial score (nSPS) is 17.8. The summed E-state index contributed by atoms with van der Waals surface area (Å²) in [6, 6.07) is 14.5. The maximum atomic E-state index is 13.3. The zero-order valence-electron chi connectivity index (χ0n) is 14.2. The summed E-state index contributed by atoms with van der Waals surface area (Å²) in [5, 5.41) is 3.15. The van der Waals surface area contributed by atoms with Crippen LogP contribution in [0.25, 0.3) is 10.9 Å². The van der Waals surface area contributed by atoms with Gasteiger partial charge in [0.05, 0.1) is 11.1 Å². The molecule has 3 heterocycles. The number of aryl methyl sites for hydroxylation is 1. The van der Waals surface area contributed by atoms with E-state index < -0.39 is 0 Å². The second kappa shape index (κ2) is 7.36. The first-order valence-corrected chi connectivity index (χ1v) is 9.88. The van der Waals surface area contributed by atoms with Crippen LogP contribution >= 0.6 is 11.3 Å². The molecule has 4 heteroatoms. The Bertz CT molecular complexity index is 854. The summed E-state index contributed by atoms with van der Waals surface area (Å²) in [4.78, 5) is 21.2. The van der Waals surface area contributed by atoms with E-state index in [9.17, 15) is 4.79 Å². The number of amides is 1. The minimum atomic E-state index is 0.139. The van der Waals surface area contributed by atoms with Crippen molar-refractivity contribution in [3.63, 3.8) is 0 Å². The number of carbonyl (C=O) groups is 1.